The average Bonchev–Trinajstić information content (AvgIpc) is 3.45. The van der Waals surface area contributed by atoms with Crippen LogP contribution in [0.5, 0.6) is 5.75 Å². The number of halogens is 2. The molecule has 2 aromatic heterocycles. The lowest BCUT2D eigenvalue weighted by atomic mass is 10.1. The maximum Gasteiger partial charge on any atom is 0.278 e. The highest BCUT2D eigenvalue weighted by Crippen LogP contribution is 2.37. The van der Waals surface area contributed by atoms with Crippen LogP contribution >= 0.6 is 11.3 Å². The lowest BCUT2D eigenvalue weighted by Crippen LogP contribution is -2.68. The van der Waals surface area contributed by atoms with Crippen molar-refractivity contribution >= 4 is 17.2 Å². The van der Waals surface area contributed by atoms with Crippen molar-refractivity contribution in [2.45, 2.75) is 44.6 Å². The van der Waals surface area contributed by atoms with Crippen molar-refractivity contribution < 1.29 is 23.4 Å². The van der Waals surface area contributed by atoms with E-state index in [0.29, 0.717) is 18.1 Å². The van der Waals surface area contributed by atoms with Crippen molar-refractivity contribution in [2.75, 3.05) is 18.1 Å². The number of aromatic hydroxyl groups is 1. The van der Waals surface area contributed by atoms with Gasteiger partial charge in [0, 0.05) is 25.2 Å². The number of fused-ring (bicyclic) bond motifs is 6. The predicted molar refractivity (Wildman–Crippen MR) is 122 cm³/mol. The highest BCUT2D eigenvalue weighted by atomic mass is 32.1. The maximum absolute atomic E-state index is 14.1. The maximum atomic E-state index is 14.1. The van der Waals surface area contributed by atoms with Gasteiger partial charge in [0.2, 0.25) is 5.43 Å². The zero-order valence-corrected chi connectivity index (χ0v) is 19.5. The molecular formula is C23H21F2N5O4S. The van der Waals surface area contributed by atoms with Gasteiger partial charge >= 0.3 is 0 Å². The van der Waals surface area contributed by atoms with E-state index < -0.39 is 28.7 Å². The fourth-order valence-corrected chi connectivity index (χ4v) is 6.03. The van der Waals surface area contributed by atoms with E-state index >= 15 is 0 Å². The molecule has 3 aliphatic heterocycles. The molecule has 2 fully saturated rings. The van der Waals surface area contributed by atoms with Gasteiger partial charge < -0.3 is 14.7 Å². The smallest absolute Gasteiger partial charge is 0.278 e. The Morgan fingerprint density at radius 3 is 2.83 bits per heavy atom. The van der Waals surface area contributed by atoms with Crippen molar-refractivity contribution in [3.63, 3.8) is 0 Å². The van der Waals surface area contributed by atoms with E-state index in [-0.39, 0.29) is 46.6 Å². The predicted octanol–water partition coefficient (Wildman–Crippen LogP) is 2.24. The largest absolute Gasteiger partial charge is 0.502 e. The van der Waals surface area contributed by atoms with Crippen molar-refractivity contribution in [2.24, 2.45) is 0 Å². The third-order valence-electron chi connectivity index (χ3n) is 6.79. The van der Waals surface area contributed by atoms with Crippen molar-refractivity contribution in [3.8, 4) is 16.3 Å². The number of likely N-dealkylation sites (N-methyl/N-ethyl adjacent to an activating group) is 1. The van der Waals surface area contributed by atoms with Gasteiger partial charge in [0.25, 0.3) is 5.91 Å². The number of hydrogen-bond acceptors (Lipinski definition) is 8. The fourth-order valence-electron chi connectivity index (χ4n) is 5.16. The minimum Gasteiger partial charge on any atom is -0.502 e. The van der Waals surface area contributed by atoms with Gasteiger partial charge in [-0.05, 0) is 31.4 Å². The topological polar surface area (TPSA) is 101 Å². The molecule has 0 unspecified atom stereocenters. The van der Waals surface area contributed by atoms with Crippen LogP contribution in [0.4, 0.5) is 8.78 Å². The summed E-state index contributed by atoms with van der Waals surface area (Å²) in [4.78, 5) is 28.0. The van der Waals surface area contributed by atoms with Crippen LogP contribution < -0.4 is 10.4 Å². The molecular weight excluding hydrogens is 480 g/mol. The Morgan fingerprint density at radius 2 is 2.06 bits per heavy atom. The zero-order chi connectivity index (χ0) is 24.4. The van der Waals surface area contributed by atoms with E-state index in [4.69, 9.17) is 4.74 Å². The number of morpholine rings is 1. The summed E-state index contributed by atoms with van der Waals surface area (Å²) in [6.07, 6.45) is 2.78. The lowest BCUT2D eigenvalue weighted by molar-refractivity contribution is -0.0523. The molecule has 1 N–H and O–H groups in total. The molecule has 6 rings (SSSR count). The number of rotatable bonds is 4. The molecule has 1 aromatic carbocycles. The van der Waals surface area contributed by atoms with Gasteiger partial charge in [-0.15, -0.1) is 10.2 Å². The highest BCUT2D eigenvalue weighted by molar-refractivity contribution is 7.14. The van der Waals surface area contributed by atoms with Crippen LogP contribution in [0.1, 0.15) is 40.8 Å². The van der Waals surface area contributed by atoms with Gasteiger partial charge in [-0.3, -0.25) is 19.3 Å². The molecule has 0 saturated carbocycles. The standard InChI is InChI=1S/C23H21F2N5O4S/c1-2-28-22-16-6-5-13(34-16)9-30(22)29-10-14(19(31)20(32)18(29)23(28)33)21-27-26-17(35-21)7-11-3-4-12(24)8-15(11)25/h3-4,8,10,13,16,22,32H,2,5-7,9H2,1H3/t13-,16+,22-/m1/s1. The number of amides is 1. The quantitative estimate of drug-likeness (QED) is 0.585. The summed E-state index contributed by atoms with van der Waals surface area (Å²) in [5.74, 6) is -2.45. The van der Waals surface area contributed by atoms with E-state index in [2.05, 4.69) is 10.2 Å². The number of carbonyl (C=O) groups is 1. The molecule has 182 valence electrons. The van der Waals surface area contributed by atoms with E-state index in [9.17, 15) is 23.5 Å². The summed E-state index contributed by atoms with van der Waals surface area (Å²) >= 11 is 1.07. The molecule has 1 amide bonds. The van der Waals surface area contributed by atoms with E-state index in [1.165, 1.54) is 12.3 Å². The van der Waals surface area contributed by atoms with E-state index in [1.54, 1.807) is 9.58 Å². The lowest BCUT2D eigenvalue weighted by Gasteiger charge is -2.51. The number of aromatic nitrogens is 3. The Hall–Kier alpha value is -3.38. The molecule has 0 spiro atoms. The zero-order valence-electron chi connectivity index (χ0n) is 18.6. The van der Waals surface area contributed by atoms with Crippen LogP contribution in [0.2, 0.25) is 0 Å². The number of benzene rings is 1. The summed E-state index contributed by atoms with van der Waals surface area (Å²) in [6.45, 7) is 2.76. The minimum absolute atomic E-state index is 0.000216. The van der Waals surface area contributed by atoms with Crippen LogP contribution in [0.3, 0.4) is 0 Å². The summed E-state index contributed by atoms with van der Waals surface area (Å²) in [6, 6.07) is 3.30. The first kappa shape index (κ1) is 22.1. The Bertz CT molecular complexity index is 1410. The number of carbonyl (C=O) groups excluding carboxylic acids is 1. The third-order valence-corrected chi connectivity index (χ3v) is 7.74. The third kappa shape index (κ3) is 3.42. The second-order valence-electron chi connectivity index (χ2n) is 8.83. The number of nitrogens with zero attached hydrogens (tertiary/aromatic N) is 5. The normalized spacial score (nSPS) is 22.9. The van der Waals surface area contributed by atoms with Crippen molar-refractivity contribution in [3.05, 3.63) is 62.5 Å². The van der Waals surface area contributed by atoms with Gasteiger partial charge in [-0.2, -0.15) is 0 Å². The first-order valence-corrected chi connectivity index (χ1v) is 12.2. The van der Waals surface area contributed by atoms with Gasteiger partial charge in [0.05, 0.1) is 24.3 Å². The molecule has 9 nitrogen and oxygen atoms in total. The van der Waals surface area contributed by atoms with Crippen molar-refractivity contribution in [1.29, 1.82) is 0 Å². The van der Waals surface area contributed by atoms with Crippen LogP contribution in [-0.4, -0.2) is 62.3 Å². The second-order valence-corrected chi connectivity index (χ2v) is 9.89. The molecule has 2 saturated heterocycles. The minimum atomic E-state index is -0.731. The van der Waals surface area contributed by atoms with Crippen LogP contribution in [0.15, 0.2) is 29.2 Å². The molecule has 5 heterocycles. The monoisotopic (exact) mass is 501 g/mol. The summed E-state index contributed by atoms with van der Waals surface area (Å²) in [5, 5.41) is 21.6. The molecule has 3 aromatic rings. The molecule has 0 aliphatic carbocycles. The van der Waals surface area contributed by atoms with E-state index in [1.807, 2.05) is 11.9 Å². The highest BCUT2D eigenvalue weighted by Gasteiger charge is 2.50. The molecule has 0 radical (unpaired) electrons. The van der Waals surface area contributed by atoms with Gasteiger partial charge in [-0.1, -0.05) is 17.4 Å². The Morgan fingerprint density at radius 1 is 1.23 bits per heavy atom. The molecule has 2 bridgehead atoms. The second kappa shape index (κ2) is 8.09. The SMILES string of the molecule is CCN1C(=O)c2c(O)c(=O)c(-c3nnc(Cc4ccc(F)cc4F)s3)cn2N2C[C@H]3CC[C@H](O3)[C@H]12. The Labute approximate surface area is 202 Å². The van der Waals surface area contributed by atoms with Gasteiger partial charge in [-0.25, -0.2) is 8.78 Å². The Balaban J connectivity index is 1.41. The molecule has 3 atom stereocenters. The van der Waals surface area contributed by atoms with Crippen LogP contribution in [0.25, 0.3) is 10.6 Å². The first-order valence-electron chi connectivity index (χ1n) is 11.3. The first-order chi connectivity index (χ1) is 16.9. The van der Waals surface area contributed by atoms with Crippen LogP contribution in [-0.2, 0) is 11.2 Å². The fraction of sp³-hybridized carbons (Fsp3) is 0.391. The van der Waals surface area contributed by atoms with E-state index in [0.717, 1.165) is 36.3 Å². The Kier molecular flexibility index (Phi) is 5.11. The summed E-state index contributed by atoms with van der Waals surface area (Å²) in [7, 11) is 0. The summed E-state index contributed by atoms with van der Waals surface area (Å²) in [5.41, 5.74) is -0.483. The molecule has 3 aliphatic rings. The molecule has 35 heavy (non-hydrogen) atoms. The number of hydrogen-bond donors (Lipinski definition) is 1. The number of ether oxygens (including phenoxy) is 1. The van der Waals surface area contributed by atoms with Gasteiger partial charge in [0.15, 0.2) is 16.5 Å². The van der Waals surface area contributed by atoms with Crippen molar-refractivity contribution in [1.82, 2.24) is 19.8 Å². The molecule has 12 heteroatoms. The number of pyridine rings is 1. The summed E-state index contributed by atoms with van der Waals surface area (Å²) < 4.78 is 34.9. The average molecular weight is 502 g/mol. The van der Waals surface area contributed by atoms with Gasteiger partial charge in [0.1, 0.15) is 22.8 Å². The van der Waals surface area contributed by atoms with Crippen LogP contribution in [0, 0.1) is 11.6 Å².